The molecule has 0 aliphatic rings. The van der Waals surface area contributed by atoms with Crippen molar-refractivity contribution in [3.8, 4) is 17.5 Å². The van der Waals surface area contributed by atoms with Crippen LogP contribution in [-0.4, -0.2) is 9.97 Å². The van der Waals surface area contributed by atoms with Gasteiger partial charge in [-0.2, -0.15) is 5.26 Å². The number of nitriles is 1. The highest BCUT2D eigenvalue weighted by atomic mass is 35.5. The van der Waals surface area contributed by atoms with Crippen molar-refractivity contribution in [2.75, 3.05) is 0 Å². The number of benzene rings is 1. The molecule has 0 radical (unpaired) electrons. The molecule has 0 aliphatic heterocycles. The molecule has 0 bridgehead atoms. The van der Waals surface area contributed by atoms with E-state index in [0.717, 1.165) is 11.1 Å². The van der Waals surface area contributed by atoms with E-state index in [1.165, 1.54) is 0 Å². The lowest BCUT2D eigenvalue weighted by molar-refractivity contribution is 1.10. The summed E-state index contributed by atoms with van der Waals surface area (Å²) in [6.45, 7) is 0. The van der Waals surface area contributed by atoms with Crippen molar-refractivity contribution in [1.82, 2.24) is 9.97 Å². The van der Waals surface area contributed by atoms with Gasteiger partial charge in [0.15, 0.2) is 5.82 Å². The Kier molecular flexibility index (Phi) is 3.58. The van der Waals surface area contributed by atoms with Crippen LogP contribution in [0.3, 0.4) is 0 Å². The molecule has 5 heteroatoms. The predicted molar refractivity (Wildman–Crippen MR) is 66.8 cm³/mol. The Balaban J connectivity index is 2.33. The first-order valence-electron chi connectivity index (χ1n) is 4.84. The van der Waals surface area contributed by atoms with Gasteiger partial charge in [-0.1, -0.05) is 23.2 Å². The van der Waals surface area contributed by atoms with Crippen LogP contribution in [-0.2, 0) is 6.42 Å². The van der Waals surface area contributed by atoms with Crippen molar-refractivity contribution in [2.24, 2.45) is 0 Å². The highest BCUT2D eigenvalue weighted by molar-refractivity contribution is 6.42. The summed E-state index contributed by atoms with van der Waals surface area (Å²) < 4.78 is 0. The predicted octanol–water partition coefficient (Wildman–Crippen LogP) is 3.52. The Morgan fingerprint density at radius 3 is 2.41 bits per heavy atom. The van der Waals surface area contributed by atoms with Gasteiger partial charge in [0.2, 0.25) is 0 Å². The van der Waals surface area contributed by atoms with Crippen molar-refractivity contribution in [3.63, 3.8) is 0 Å². The van der Waals surface area contributed by atoms with E-state index in [0.29, 0.717) is 22.3 Å². The van der Waals surface area contributed by atoms with Crippen molar-refractivity contribution in [1.29, 1.82) is 5.26 Å². The fourth-order valence-corrected chi connectivity index (χ4v) is 1.62. The smallest absolute Gasteiger partial charge is 0.159 e. The SMILES string of the molecule is N#CCc1cnc(-c2ccc(Cl)c(Cl)c2)nc1. The molecule has 0 spiro atoms. The Morgan fingerprint density at radius 2 is 1.82 bits per heavy atom. The van der Waals surface area contributed by atoms with E-state index in [2.05, 4.69) is 9.97 Å². The molecule has 0 atom stereocenters. The topological polar surface area (TPSA) is 49.6 Å². The minimum absolute atomic E-state index is 0.307. The zero-order valence-electron chi connectivity index (χ0n) is 8.69. The van der Waals surface area contributed by atoms with Gasteiger partial charge in [-0.25, -0.2) is 9.97 Å². The maximum Gasteiger partial charge on any atom is 0.159 e. The fraction of sp³-hybridized carbons (Fsp3) is 0.0833. The first kappa shape index (κ1) is 11.8. The van der Waals surface area contributed by atoms with Gasteiger partial charge < -0.3 is 0 Å². The van der Waals surface area contributed by atoms with Crippen LogP contribution in [0.25, 0.3) is 11.4 Å². The van der Waals surface area contributed by atoms with Crippen LogP contribution >= 0.6 is 23.2 Å². The second kappa shape index (κ2) is 5.13. The van der Waals surface area contributed by atoms with Crippen LogP contribution < -0.4 is 0 Å². The standard InChI is InChI=1S/C12H7Cl2N3/c13-10-2-1-9(5-11(10)14)12-16-6-8(3-4-15)7-17-12/h1-2,5-7H,3H2. The molecule has 0 saturated heterocycles. The van der Waals surface area contributed by atoms with E-state index in [1.54, 1.807) is 30.6 Å². The van der Waals surface area contributed by atoms with E-state index < -0.39 is 0 Å². The number of hydrogen-bond donors (Lipinski definition) is 0. The molecule has 84 valence electrons. The molecule has 0 N–H and O–H groups in total. The maximum absolute atomic E-state index is 8.54. The van der Waals surface area contributed by atoms with Gasteiger partial charge in [-0.3, -0.25) is 0 Å². The van der Waals surface area contributed by atoms with Crippen LogP contribution in [0.4, 0.5) is 0 Å². The third kappa shape index (κ3) is 2.73. The first-order chi connectivity index (χ1) is 8.20. The van der Waals surface area contributed by atoms with E-state index in [9.17, 15) is 0 Å². The van der Waals surface area contributed by atoms with Crippen LogP contribution in [0.1, 0.15) is 5.56 Å². The fourth-order valence-electron chi connectivity index (χ4n) is 1.32. The molecule has 3 nitrogen and oxygen atoms in total. The van der Waals surface area contributed by atoms with Gasteiger partial charge >= 0.3 is 0 Å². The molecule has 2 rings (SSSR count). The van der Waals surface area contributed by atoms with Gasteiger partial charge in [0.05, 0.1) is 22.5 Å². The van der Waals surface area contributed by atoms with Crippen LogP contribution in [0.5, 0.6) is 0 Å². The quantitative estimate of drug-likeness (QED) is 0.833. The number of halogens is 2. The van der Waals surface area contributed by atoms with Crippen molar-refractivity contribution in [2.45, 2.75) is 6.42 Å². The van der Waals surface area contributed by atoms with Crippen molar-refractivity contribution in [3.05, 3.63) is 46.2 Å². The van der Waals surface area contributed by atoms with Crippen LogP contribution in [0.2, 0.25) is 10.0 Å². The van der Waals surface area contributed by atoms with Gasteiger partial charge in [0.25, 0.3) is 0 Å². The third-order valence-corrected chi connectivity index (χ3v) is 2.91. The largest absolute Gasteiger partial charge is 0.236 e. The first-order valence-corrected chi connectivity index (χ1v) is 5.59. The lowest BCUT2D eigenvalue weighted by Gasteiger charge is -2.02. The second-order valence-electron chi connectivity index (χ2n) is 3.38. The molecule has 1 aromatic carbocycles. The summed E-state index contributed by atoms with van der Waals surface area (Å²) >= 11 is 11.7. The Hall–Kier alpha value is -1.63. The zero-order chi connectivity index (χ0) is 12.3. The Labute approximate surface area is 109 Å². The Morgan fingerprint density at radius 1 is 1.12 bits per heavy atom. The van der Waals surface area contributed by atoms with E-state index in [4.69, 9.17) is 28.5 Å². The van der Waals surface area contributed by atoms with Crippen molar-refractivity contribution < 1.29 is 0 Å². The maximum atomic E-state index is 8.54. The molecule has 17 heavy (non-hydrogen) atoms. The summed E-state index contributed by atoms with van der Waals surface area (Å²) in [7, 11) is 0. The number of rotatable bonds is 2. The molecular weight excluding hydrogens is 257 g/mol. The van der Waals surface area contributed by atoms with E-state index in [-0.39, 0.29) is 0 Å². The van der Waals surface area contributed by atoms with E-state index >= 15 is 0 Å². The normalized spacial score (nSPS) is 9.94. The van der Waals surface area contributed by atoms with Crippen LogP contribution in [0.15, 0.2) is 30.6 Å². The summed E-state index contributed by atoms with van der Waals surface area (Å²) in [4.78, 5) is 8.35. The van der Waals surface area contributed by atoms with Crippen molar-refractivity contribution >= 4 is 23.2 Å². The molecule has 1 heterocycles. The summed E-state index contributed by atoms with van der Waals surface area (Å²) in [6, 6.07) is 7.25. The minimum atomic E-state index is 0.307. The summed E-state index contributed by atoms with van der Waals surface area (Å²) in [5.41, 5.74) is 1.58. The van der Waals surface area contributed by atoms with Gasteiger partial charge in [0.1, 0.15) is 0 Å². The number of hydrogen-bond acceptors (Lipinski definition) is 3. The molecule has 0 amide bonds. The van der Waals surface area contributed by atoms with Gasteiger partial charge in [-0.15, -0.1) is 0 Å². The highest BCUT2D eigenvalue weighted by Gasteiger charge is 2.04. The molecular formula is C12H7Cl2N3. The average Bonchev–Trinajstić information content (AvgIpc) is 2.34. The third-order valence-electron chi connectivity index (χ3n) is 2.17. The molecule has 0 saturated carbocycles. The summed E-state index contributed by atoms with van der Waals surface area (Å²) in [5, 5.41) is 9.50. The molecule has 2 aromatic rings. The lowest BCUT2D eigenvalue weighted by Crippen LogP contribution is -1.91. The highest BCUT2D eigenvalue weighted by Crippen LogP contribution is 2.26. The molecule has 1 aromatic heterocycles. The second-order valence-corrected chi connectivity index (χ2v) is 4.19. The lowest BCUT2D eigenvalue weighted by atomic mass is 10.2. The number of nitrogens with zero attached hydrogens (tertiary/aromatic N) is 3. The minimum Gasteiger partial charge on any atom is -0.236 e. The van der Waals surface area contributed by atoms with Crippen LogP contribution in [0, 0.1) is 11.3 Å². The zero-order valence-corrected chi connectivity index (χ0v) is 10.2. The van der Waals surface area contributed by atoms with Gasteiger partial charge in [-0.05, 0) is 18.2 Å². The Bertz CT molecular complexity index is 573. The molecule has 0 aliphatic carbocycles. The summed E-state index contributed by atoms with van der Waals surface area (Å²) in [5.74, 6) is 0.560. The molecule has 0 unspecified atom stereocenters. The average molecular weight is 264 g/mol. The van der Waals surface area contributed by atoms with E-state index in [1.807, 2.05) is 6.07 Å². The number of aromatic nitrogens is 2. The monoisotopic (exact) mass is 263 g/mol. The summed E-state index contributed by atoms with van der Waals surface area (Å²) in [6.07, 6.45) is 3.57. The molecule has 0 fully saturated rings. The van der Waals surface area contributed by atoms with Gasteiger partial charge in [0, 0.05) is 23.5 Å².